The van der Waals surface area contributed by atoms with Crippen LogP contribution in [0.5, 0.6) is 0 Å². The molecular formula is C13H9Cl3FNO2. The molecular weight excluding hydrogens is 328 g/mol. The number of benzene rings is 1. The van der Waals surface area contributed by atoms with E-state index in [9.17, 15) is 14.5 Å². The van der Waals surface area contributed by atoms with Gasteiger partial charge in [-0.15, -0.1) is 11.6 Å². The second-order valence-electron chi connectivity index (χ2n) is 4.32. The van der Waals surface area contributed by atoms with E-state index in [0.29, 0.717) is 0 Å². The quantitative estimate of drug-likeness (QED) is 0.340. The van der Waals surface area contributed by atoms with Crippen molar-refractivity contribution in [2.24, 2.45) is 0 Å². The zero-order valence-corrected chi connectivity index (χ0v) is 12.3. The lowest BCUT2D eigenvalue weighted by molar-refractivity contribution is -0.533. The summed E-state index contributed by atoms with van der Waals surface area (Å²) in [5.41, 5.74) is 1.00. The molecule has 0 bridgehead atoms. The van der Waals surface area contributed by atoms with Crippen LogP contribution in [0.2, 0.25) is 0 Å². The monoisotopic (exact) mass is 335 g/mol. The van der Waals surface area contributed by atoms with Crippen molar-refractivity contribution in [3.8, 4) is 0 Å². The fourth-order valence-corrected chi connectivity index (χ4v) is 2.89. The molecule has 0 amide bonds. The molecule has 106 valence electrons. The molecule has 0 saturated heterocycles. The molecule has 2 unspecified atom stereocenters. The molecule has 0 spiro atoms. The lowest BCUT2D eigenvalue weighted by atomic mass is 9.95. The Morgan fingerprint density at radius 2 is 1.95 bits per heavy atom. The van der Waals surface area contributed by atoms with E-state index in [-0.39, 0.29) is 10.6 Å². The van der Waals surface area contributed by atoms with Crippen LogP contribution in [-0.2, 0) is 0 Å². The van der Waals surface area contributed by atoms with E-state index in [1.807, 2.05) is 6.07 Å². The number of allylic oxidation sites excluding steroid dienone is 2. The van der Waals surface area contributed by atoms with Crippen LogP contribution in [0.4, 0.5) is 4.39 Å². The van der Waals surface area contributed by atoms with Crippen molar-refractivity contribution in [2.45, 2.75) is 16.8 Å². The lowest BCUT2D eigenvalue weighted by Gasteiger charge is -2.24. The zero-order chi connectivity index (χ0) is 14.9. The van der Waals surface area contributed by atoms with E-state index in [0.717, 1.165) is 11.6 Å². The second-order valence-corrected chi connectivity index (χ2v) is 5.84. The molecule has 0 aliphatic heterocycles. The van der Waals surface area contributed by atoms with Crippen molar-refractivity contribution in [3.05, 3.63) is 68.5 Å². The fraction of sp³-hybridized carbons (Fsp3) is 0.231. The van der Waals surface area contributed by atoms with Gasteiger partial charge < -0.3 is 0 Å². The Balaban J connectivity index is 2.38. The zero-order valence-electron chi connectivity index (χ0n) is 10.0. The van der Waals surface area contributed by atoms with E-state index in [1.54, 1.807) is 24.3 Å². The summed E-state index contributed by atoms with van der Waals surface area (Å²) in [7, 11) is 0. The van der Waals surface area contributed by atoms with Gasteiger partial charge in [0, 0.05) is 5.03 Å². The molecule has 0 radical (unpaired) electrons. The minimum Gasteiger partial charge on any atom is -0.262 e. The molecule has 2 atom stereocenters. The average molecular weight is 337 g/mol. The van der Waals surface area contributed by atoms with Crippen LogP contribution >= 0.6 is 34.8 Å². The van der Waals surface area contributed by atoms with Gasteiger partial charge in [0.25, 0.3) is 0 Å². The van der Waals surface area contributed by atoms with Crippen LogP contribution in [0.25, 0.3) is 0 Å². The van der Waals surface area contributed by atoms with E-state index >= 15 is 0 Å². The summed E-state index contributed by atoms with van der Waals surface area (Å²) in [6.45, 7) is 0. The largest absolute Gasteiger partial charge is 0.350 e. The molecule has 3 nitrogen and oxygen atoms in total. The average Bonchev–Trinajstić information content (AvgIpc) is 2.43. The maximum Gasteiger partial charge on any atom is 0.350 e. The first kappa shape index (κ1) is 15.3. The van der Waals surface area contributed by atoms with Crippen LogP contribution in [-0.4, -0.2) is 9.92 Å². The number of nitro groups is 1. The van der Waals surface area contributed by atoms with Crippen LogP contribution in [0.15, 0.2) is 52.8 Å². The molecule has 1 aromatic rings. The Morgan fingerprint density at radius 1 is 1.35 bits per heavy atom. The van der Waals surface area contributed by atoms with Crippen LogP contribution in [0, 0.1) is 10.1 Å². The van der Waals surface area contributed by atoms with Crippen molar-refractivity contribution >= 4 is 34.8 Å². The van der Waals surface area contributed by atoms with Gasteiger partial charge in [0.15, 0.2) is 5.83 Å². The van der Waals surface area contributed by atoms with Crippen molar-refractivity contribution in [1.82, 2.24) is 0 Å². The molecule has 2 rings (SSSR count). The first-order valence-electron chi connectivity index (χ1n) is 5.65. The SMILES string of the molecule is O=[N+]([O-])C1(Cl)CC(Cl)=C(C(Cl)c2ccccc2)C=C1F. The van der Waals surface area contributed by atoms with Gasteiger partial charge in [0.05, 0.1) is 16.7 Å². The van der Waals surface area contributed by atoms with Gasteiger partial charge in [-0.05, 0) is 28.8 Å². The van der Waals surface area contributed by atoms with E-state index in [2.05, 4.69) is 0 Å². The number of rotatable bonds is 3. The highest BCUT2D eigenvalue weighted by molar-refractivity contribution is 6.33. The van der Waals surface area contributed by atoms with Gasteiger partial charge in [-0.1, -0.05) is 41.9 Å². The summed E-state index contributed by atoms with van der Waals surface area (Å²) in [5.74, 6) is -1.06. The van der Waals surface area contributed by atoms with Gasteiger partial charge in [-0.2, -0.15) is 0 Å². The normalized spacial score (nSPS) is 24.3. The maximum absolute atomic E-state index is 13.9. The highest BCUT2D eigenvalue weighted by atomic mass is 35.5. The van der Waals surface area contributed by atoms with Crippen molar-refractivity contribution in [3.63, 3.8) is 0 Å². The van der Waals surface area contributed by atoms with Crippen molar-refractivity contribution in [2.75, 3.05) is 0 Å². The standard InChI is InChI=1S/C13H9Cl3FNO2/c14-10-7-13(16,18(19)20)11(17)6-9(10)12(15)8-4-2-1-3-5-8/h1-6,12H,7H2. The Hall–Kier alpha value is -1.10. The Kier molecular flexibility index (Phi) is 4.37. The third-order valence-electron chi connectivity index (χ3n) is 3.01. The molecule has 1 aliphatic rings. The lowest BCUT2D eigenvalue weighted by Crippen LogP contribution is -2.35. The summed E-state index contributed by atoms with van der Waals surface area (Å²) in [6, 6.07) is 8.90. The van der Waals surface area contributed by atoms with Gasteiger partial charge in [-0.3, -0.25) is 10.1 Å². The van der Waals surface area contributed by atoms with Crippen LogP contribution < -0.4 is 0 Å². The molecule has 0 aromatic heterocycles. The summed E-state index contributed by atoms with van der Waals surface area (Å²) in [5, 5.41) is 10.3. The number of hydrogen-bond acceptors (Lipinski definition) is 2. The molecule has 20 heavy (non-hydrogen) atoms. The number of hydrogen-bond donors (Lipinski definition) is 0. The Bertz CT molecular complexity index is 603. The third kappa shape index (κ3) is 2.68. The Morgan fingerprint density at radius 3 is 2.50 bits per heavy atom. The van der Waals surface area contributed by atoms with E-state index in [1.165, 1.54) is 0 Å². The minimum atomic E-state index is -2.34. The number of halogens is 4. The second kappa shape index (κ2) is 5.72. The predicted octanol–water partition coefficient (Wildman–Crippen LogP) is 4.93. The Labute approximate surface area is 129 Å². The van der Waals surface area contributed by atoms with Crippen molar-refractivity contribution in [1.29, 1.82) is 0 Å². The maximum atomic E-state index is 13.9. The van der Waals surface area contributed by atoms with Gasteiger partial charge in [-0.25, -0.2) is 4.39 Å². The number of nitrogens with zero attached hydrogens (tertiary/aromatic N) is 1. The molecule has 1 aromatic carbocycles. The first-order valence-corrected chi connectivity index (χ1v) is 6.84. The van der Waals surface area contributed by atoms with Crippen molar-refractivity contribution < 1.29 is 9.31 Å². The molecule has 0 heterocycles. The van der Waals surface area contributed by atoms with E-state index < -0.39 is 27.5 Å². The minimum absolute atomic E-state index is 0.0851. The highest BCUT2D eigenvalue weighted by Gasteiger charge is 2.49. The summed E-state index contributed by atoms with van der Waals surface area (Å²) in [4.78, 5) is 7.62. The van der Waals surface area contributed by atoms with Gasteiger partial charge in [0.2, 0.25) is 0 Å². The molecule has 1 aliphatic carbocycles. The molecule has 0 fully saturated rings. The first-order chi connectivity index (χ1) is 9.36. The fourth-order valence-electron chi connectivity index (χ4n) is 1.88. The van der Waals surface area contributed by atoms with Crippen LogP contribution in [0.1, 0.15) is 17.4 Å². The molecule has 0 N–H and O–H groups in total. The molecule has 0 saturated carbocycles. The van der Waals surface area contributed by atoms with Crippen LogP contribution in [0.3, 0.4) is 0 Å². The summed E-state index contributed by atoms with van der Waals surface area (Å²) < 4.78 is 13.9. The van der Waals surface area contributed by atoms with Gasteiger partial charge >= 0.3 is 5.00 Å². The summed E-state index contributed by atoms with van der Waals surface area (Å²) in [6.07, 6.45) is 0.517. The predicted molar refractivity (Wildman–Crippen MR) is 77.3 cm³/mol. The summed E-state index contributed by atoms with van der Waals surface area (Å²) >= 11 is 17.9. The molecule has 7 heteroatoms. The highest BCUT2D eigenvalue weighted by Crippen LogP contribution is 2.45. The van der Waals surface area contributed by atoms with Gasteiger partial charge in [0.1, 0.15) is 0 Å². The smallest absolute Gasteiger partial charge is 0.262 e. The number of alkyl halides is 2. The van der Waals surface area contributed by atoms with E-state index in [4.69, 9.17) is 34.8 Å². The topological polar surface area (TPSA) is 43.1 Å². The third-order valence-corrected chi connectivity index (χ3v) is 4.30.